The number of nitrogens with one attached hydrogen (secondary N) is 1. The third-order valence-corrected chi connectivity index (χ3v) is 4.23. The van der Waals surface area contributed by atoms with Gasteiger partial charge < -0.3 is 15.2 Å². The topological polar surface area (TPSA) is 41.5 Å². The molecule has 0 saturated carbocycles. The second-order valence-corrected chi connectivity index (χ2v) is 6.36. The minimum absolute atomic E-state index is 0.269. The molecule has 0 aromatic heterocycles. The zero-order valence-electron chi connectivity index (χ0n) is 14.2. The molecule has 3 nitrogen and oxygen atoms in total. The van der Waals surface area contributed by atoms with E-state index in [-0.39, 0.29) is 6.61 Å². The van der Waals surface area contributed by atoms with Gasteiger partial charge >= 0.3 is 0 Å². The second-order valence-electron chi connectivity index (χ2n) is 5.93. The number of aliphatic hydroxyl groups is 1. The summed E-state index contributed by atoms with van der Waals surface area (Å²) in [6, 6.07) is 14.0. The Labute approximate surface area is 149 Å². The summed E-state index contributed by atoms with van der Waals surface area (Å²) in [5.74, 6) is 0.866. The van der Waals surface area contributed by atoms with Crippen LogP contribution in [0, 0.1) is 6.92 Å². The van der Waals surface area contributed by atoms with Crippen molar-refractivity contribution < 1.29 is 9.84 Å². The Morgan fingerprint density at radius 2 is 1.88 bits per heavy atom. The molecule has 0 aliphatic rings. The van der Waals surface area contributed by atoms with Crippen LogP contribution in [-0.2, 0) is 13.2 Å². The van der Waals surface area contributed by atoms with Crippen LogP contribution < -0.4 is 10.1 Å². The highest BCUT2D eigenvalue weighted by Crippen LogP contribution is 2.24. The van der Waals surface area contributed by atoms with E-state index in [2.05, 4.69) is 24.4 Å². The molecule has 2 rings (SSSR count). The summed E-state index contributed by atoms with van der Waals surface area (Å²) in [7, 11) is 0. The van der Waals surface area contributed by atoms with Gasteiger partial charge in [-0.25, -0.2) is 0 Å². The first-order chi connectivity index (χ1) is 11.7. The van der Waals surface area contributed by atoms with Crippen molar-refractivity contribution in [1.82, 2.24) is 5.32 Å². The fraction of sp³-hybridized carbons (Fsp3) is 0.400. The highest BCUT2D eigenvalue weighted by atomic mass is 35.5. The molecule has 0 unspecified atom stereocenters. The van der Waals surface area contributed by atoms with Crippen LogP contribution in [0.1, 0.15) is 36.0 Å². The van der Waals surface area contributed by atoms with Crippen molar-refractivity contribution in [3.8, 4) is 5.75 Å². The molecule has 0 spiro atoms. The number of hydrogen-bond donors (Lipinski definition) is 2. The number of rotatable bonds is 10. The maximum atomic E-state index is 8.79. The third kappa shape index (κ3) is 6.16. The summed E-state index contributed by atoms with van der Waals surface area (Å²) in [5.41, 5.74) is 3.49. The van der Waals surface area contributed by atoms with Crippen LogP contribution in [-0.4, -0.2) is 18.3 Å². The van der Waals surface area contributed by atoms with Crippen molar-refractivity contribution in [2.24, 2.45) is 0 Å². The van der Waals surface area contributed by atoms with Crippen LogP contribution in [0.15, 0.2) is 42.5 Å². The van der Waals surface area contributed by atoms with E-state index in [4.69, 9.17) is 21.4 Å². The Bertz CT molecular complexity index is 631. The van der Waals surface area contributed by atoms with E-state index >= 15 is 0 Å². The minimum atomic E-state index is 0.269. The van der Waals surface area contributed by atoms with Crippen LogP contribution in [0.4, 0.5) is 0 Å². The molecule has 0 amide bonds. The van der Waals surface area contributed by atoms with Crippen LogP contribution in [0.3, 0.4) is 0 Å². The second kappa shape index (κ2) is 10.3. The number of unbranched alkanes of at least 4 members (excludes halogenated alkanes) is 2. The van der Waals surface area contributed by atoms with Gasteiger partial charge in [-0.2, -0.15) is 0 Å². The van der Waals surface area contributed by atoms with Crippen molar-refractivity contribution in [2.45, 2.75) is 39.3 Å². The van der Waals surface area contributed by atoms with E-state index in [1.807, 2.05) is 30.3 Å². The lowest BCUT2D eigenvalue weighted by molar-refractivity contribution is 0.282. The van der Waals surface area contributed by atoms with E-state index in [9.17, 15) is 0 Å². The van der Waals surface area contributed by atoms with Gasteiger partial charge in [0.2, 0.25) is 0 Å². The molecular weight excluding hydrogens is 322 g/mol. The molecule has 0 aliphatic heterocycles. The summed E-state index contributed by atoms with van der Waals surface area (Å²) in [6.45, 7) is 4.56. The molecule has 2 aromatic carbocycles. The van der Waals surface area contributed by atoms with Crippen molar-refractivity contribution >= 4 is 11.6 Å². The fourth-order valence-corrected chi connectivity index (χ4v) is 2.71. The predicted octanol–water partition coefficient (Wildman–Crippen LogP) is 4.48. The normalized spacial score (nSPS) is 10.8. The third-order valence-electron chi connectivity index (χ3n) is 3.99. The van der Waals surface area contributed by atoms with E-state index in [0.29, 0.717) is 6.61 Å². The van der Waals surface area contributed by atoms with Gasteiger partial charge in [-0.3, -0.25) is 0 Å². The zero-order valence-corrected chi connectivity index (χ0v) is 15.0. The fourth-order valence-electron chi connectivity index (χ4n) is 2.52. The van der Waals surface area contributed by atoms with Gasteiger partial charge in [-0.15, -0.1) is 0 Å². The Kier molecular flexibility index (Phi) is 8.10. The van der Waals surface area contributed by atoms with E-state index in [0.717, 1.165) is 48.7 Å². The summed E-state index contributed by atoms with van der Waals surface area (Å²) >= 11 is 6.13. The van der Waals surface area contributed by atoms with Crippen LogP contribution in [0.2, 0.25) is 5.02 Å². The van der Waals surface area contributed by atoms with Crippen molar-refractivity contribution in [2.75, 3.05) is 13.2 Å². The number of halogens is 1. The standard InChI is InChI=1S/C20H26ClNO2/c1-16-7-3-4-8-17(16)15-24-20-10-9-19(21)13-18(20)14-22-11-5-2-6-12-23/h3-4,7-10,13,22-23H,2,5-6,11-12,14-15H2,1H3. The summed E-state index contributed by atoms with van der Waals surface area (Å²) in [6.07, 6.45) is 2.96. The van der Waals surface area contributed by atoms with Gasteiger partial charge in [0, 0.05) is 23.7 Å². The quantitative estimate of drug-likeness (QED) is 0.623. The van der Waals surface area contributed by atoms with Crippen molar-refractivity contribution in [1.29, 1.82) is 0 Å². The zero-order chi connectivity index (χ0) is 17.2. The molecule has 0 bridgehead atoms. The molecule has 0 heterocycles. The molecule has 0 fully saturated rings. The number of ether oxygens (including phenoxy) is 1. The lowest BCUT2D eigenvalue weighted by Gasteiger charge is -2.14. The minimum Gasteiger partial charge on any atom is -0.489 e. The number of aliphatic hydroxyl groups excluding tert-OH is 1. The SMILES string of the molecule is Cc1ccccc1COc1ccc(Cl)cc1CNCCCCCO. The average Bonchev–Trinajstić information content (AvgIpc) is 2.58. The van der Waals surface area contributed by atoms with Gasteiger partial charge in [-0.1, -0.05) is 35.9 Å². The smallest absolute Gasteiger partial charge is 0.124 e. The maximum absolute atomic E-state index is 8.79. The maximum Gasteiger partial charge on any atom is 0.124 e. The molecule has 4 heteroatoms. The summed E-state index contributed by atoms with van der Waals surface area (Å²) in [5, 5.41) is 12.9. The summed E-state index contributed by atoms with van der Waals surface area (Å²) in [4.78, 5) is 0. The molecule has 0 saturated heterocycles. The predicted molar refractivity (Wildman–Crippen MR) is 99.6 cm³/mol. The highest BCUT2D eigenvalue weighted by molar-refractivity contribution is 6.30. The molecule has 0 atom stereocenters. The van der Waals surface area contributed by atoms with E-state index < -0.39 is 0 Å². The monoisotopic (exact) mass is 347 g/mol. The molecule has 24 heavy (non-hydrogen) atoms. The van der Waals surface area contributed by atoms with Crippen molar-refractivity contribution in [3.05, 3.63) is 64.2 Å². The number of benzene rings is 2. The van der Waals surface area contributed by atoms with Gasteiger partial charge in [0.1, 0.15) is 12.4 Å². The number of hydrogen-bond acceptors (Lipinski definition) is 3. The van der Waals surface area contributed by atoms with E-state index in [1.165, 1.54) is 11.1 Å². The first-order valence-electron chi connectivity index (χ1n) is 8.48. The first-order valence-corrected chi connectivity index (χ1v) is 8.86. The first kappa shape index (κ1) is 18.8. The lowest BCUT2D eigenvalue weighted by Crippen LogP contribution is -2.15. The molecule has 0 radical (unpaired) electrons. The lowest BCUT2D eigenvalue weighted by atomic mass is 10.1. The van der Waals surface area contributed by atoms with Crippen LogP contribution in [0.5, 0.6) is 5.75 Å². The highest BCUT2D eigenvalue weighted by Gasteiger charge is 2.06. The average molecular weight is 348 g/mol. The molecule has 2 aromatic rings. The Hall–Kier alpha value is -1.55. The van der Waals surface area contributed by atoms with Gasteiger partial charge in [0.05, 0.1) is 0 Å². The van der Waals surface area contributed by atoms with Gasteiger partial charge in [0.25, 0.3) is 0 Å². The largest absolute Gasteiger partial charge is 0.489 e. The molecule has 130 valence electrons. The van der Waals surface area contributed by atoms with Crippen LogP contribution in [0.25, 0.3) is 0 Å². The molecule has 0 aliphatic carbocycles. The number of aryl methyl sites for hydroxylation is 1. The van der Waals surface area contributed by atoms with E-state index in [1.54, 1.807) is 0 Å². The molecular formula is C20H26ClNO2. The van der Waals surface area contributed by atoms with Crippen LogP contribution >= 0.6 is 11.6 Å². The Balaban J connectivity index is 1.91. The Morgan fingerprint density at radius 1 is 1.04 bits per heavy atom. The molecule has 2 N–H and O–H groups in total. The Morgan fingerprint density at radius 3 is 2.67 bits per heavy atom. The van der Waals surface area contributed by atoms with Gasteiger partial charge in [-0.05, 0) is 62.1 Å². The summed E-state index contributed by atoms with van der Waals surface area (Å²) < 4.78 is 6.02. The van der Waals surface area contributed by atoms with Crippen molar-refractivity contribution in [3.63, 3.8) is 0 Å². The van der Waals surface area contributed by atoms with Gasteiger partial charge in [0.15, 0.2) is 0 Å².